The van der Waals surface area contributed by atoms with Crippen LogP contribution in [0.3, 0.4) is 0 Å². The topological polar surface area (TPSA) is 55.6 Å². The molecule has 2 N–H and O–H groups in total. The fourth-order valence-corrected chi connectivity index (χ4v) is 2.92. The minimum atomic E-state index is 0.0637. The molecule has 2 fully saturated rings. The lowest BCUT2D eigenvalue weighted by atomic mass is 10.0. The molecule has 104 valence electrons. The van der Waals surface area contributed by atoms with Gasteiger partial charge in [-0.05, 0) is 25.2 Å². The van der Waals surface area contributed by atoms with Gasteiger partial charge in [0.1, 0.15) is 0 Å². The molecule has 0 aromatic heterocycles. The predicted octanol–water partition coefficient (Wildman–Crippen LogP) is 1.39. The Balaban J connectivity index is 1.79. The van der Waals surface area contributed by atoms with Crippen molar-refractivity contribution in [3.05, 3.63) is 0 Å². The number of ether oxygens (including phenoxy) is 1. The molecule has 18 heavy (non-hydrogen) atoms. The summed E-state index contributed by atoms with van der Waals surface area (Å²) in [5.41, 5.74) is 6.00. The number of carbonyl (C=O) groups is 1. The lowest BCUT2D eigenvalue weighted by molar-refractivity contribution is -0.135. The molecule has 1 aliphatic heterocycles. The molecule has 0 bridgehead atoms. The number of hydrogen-bond donors (Lipinski definition) is 1. The van der Waals surface area contributed by atoms with Crippen molar-refractivity contribution in [2.45, 2.75) is 51.7 Å². The number of hydrogen-bond acceptors (Lipinski definition) is 3. The van der Waals surface area contributed by atoms with Crippen LogP contribution in [0.4, 0.5) is 0 Å². The molecule has 4 nitrogen and oxygen atoms in total. The summed E-state index contributed by atoms with van der Waals surface area (Å²) in [6, 6.07) is 0.0770. The molecule has 1 aliphatic carbocycles. The standard InChI is InChI=1S/C14H26N2O2/c1-10(2)9-18-11-6-7-16(8-11)14(17)12-4-3-5-13(12)15/h10-13H,3-9,15H2,1-2H3/t11-,12+,13+/m1/s1. The third kappa shape index (κ3) is 3.23. The van der Waals surface area contributed by atoms with Crippen LogP contribution in [0, 0.1) is 11.8 Å². The van der Waals surface area contributed by atoms with Gasteiger partial charge < -0.3 is 15.4 Å². The third-order valence-corrected chi connectivity index (χ3v) is 4.01. The highest BCUT2D eigenvalue weighted by atomic mass is 16.5. The highest BCUT2D eigenvalue weighted by Gasteiger charge is 2.36. The molecular weight excluding hydrogens is 228 g/mol. The van der Waals surface area contributed by atoms with E-state index in [2.05, 4.69) is 13.8 Å². The van der Waals surface area contributed by atoms with Gasteiger partial charge in [0.2, 0.25) is 5.91 Å². The maximum absolute atomic E-state index is 12.3. The lowest BCUT2D eigenvalue weighted by Gasteiger charge is -2.23. The van der Waals surface area contributed by atoms with E-state index in [0.717, 1.165) is 45.4 Å². The molecule has 0 unspecified atom stereocenters. The molecule has 1 heterocycles. The molecule has 4 heteroatoms. The van der Waals surface area contributed by atoms with Crippen LogP contribution in [0.1, 0.15) is 39.5 Å². The Hall–Kier alpha value is -0.610. The number of amides is 1. The third-order valence-electron chi connectivity index (χ3n) is 4.01. The Morgan fingerprint density at radius 3 is 2.78 bits per heavy atom. The lowest BCUT2D eigenvalue weighted by Crippen LogP contribution is -2.41. The van der Waals surface area contributed by atoms with Crippen molar-refractivity contribution < 1.29 is 9.53 Å². The van der Waals surface area contributed by atoms with Crippen molar-refractivity contribution in [3.8, 4) is 0 Å². The van der Waals surface area contributed by atoms with E-state index < -0.39 is 0 Å². The van der Waals surface area contributed by atoms with E-state index >= 15 is 0 Å². The van der Waals surface area contributed by atoms with Crippen LogP contribution in [0.15, 0.2) is 0 Å². The number of nitrogens with zero attached hydrogens (tertiary/aromatic N) is 1. The zero-order valence-electron chi connectivity index (χ0n) is 11.6. The second-order valence-corrected chi connectivity index (χ2v) is 6.12. The van der Waals surface area contributed by atoms with Gasteiger partial charge >= 0.3 is 0 Å². The van der Waals surface area contributed by atoms with Gasteiger partial charge in [-0.1, -0.05) is 20.3 Å². The quantitative estimate of drug-likeness (QED) is 0.825. The Kier molecular flexibility index (Phi) is 4.62. The molecule has 0 spiro atoms. The molecule has 0 radical (unpaired) electrons. The summed E-state index contributed by atoms with van der Waals surface area (Å²) in [7, 11) is 0. The van der Waals surface area contributed by atoms with Gasteiger partial charge in [-0.3, -0.25) is 4.79 Å². The normalized spacial score (nSPS) is 32.4. The first-order valence-corrected chi connectivity index (χ1v) is 7.24. The molecule has 1 saturated heterocycles. The summed E-state index contributed by atoms with van der Waals surface area (Å²) in [4.78, 5) is 14.3. The second-order valence-electron chi connectivity index (χ2n) is 6.12. The van der Waals surface area contributed by atoms with Gasteiger partial charge in [-0.2, -0.15) is 0 Å². The van der Waals surface area contributed by atoms with Crippen molar-refractivity contribution >= 4 is 5.91 Å². The van der Waals surface area contributed by atoms with Crippen LogP contribution in [0.25, 0.3) is 0 Å². The van der Waals surface area contributed by atoms with E-state index in [-0.39, 0.29) is 24.0 Å². The van der Waals surface area contributed by atoms with Gasteiger partial charge in [-0.25, -0.2) is 0 Å². The van der Waals surface area contributed by atoms with Crippen molar-refractivity contribution in [3.63, 3.8) is 0 Å². The Morgan fingerprint density at radius 1 is 1.39 bits per heavy atom. The van der Waals surface area contributed by atoms with Gasteiger partial charge in [0.15, 0.2) is 0 Å². The maximum atomic E-state index is 12.3. The van der Waals surface area contributed by atoms with Gasteiger partial charge in [-0.15, -0.1) is 0 Å². The van der Waals surface area contributed by atoms with E-state index in [1.807, 2.05) is 4.90 Å². The summed E-state index contributed by atoms with van der Waals surface area (Å²) in [6.07, 6.45) is 4.26. The fourth-order valence-electron chi connectivity index (χ4n) is 2.92. The Morgan fingerprint density at radius 2 is 2.17 bits per heavy atom. The first kappa shape index (κ1) is 13.8. The van der Waals surface area contributed by atoms with Crippen LogP contribution in [-0.2, 0) is 9.53 Å². The minimum Gasteiger partial charge on any atom is -0.376 e. The Labute approximate surface area is 110 Å². The van der Waals surface area contributed by atoms with Crippen LogP contribution in [0.5, 0.6) is 0 Å². The summed E-state index contributed by atoms with van der Waals surface area (Å²) in [5, 5.41) is 0. The molecule has 3 atom stereocenters. The van der Waals surface area contributed by atoms with Gasteiger partial charge in [0.05, 0.1) is 12.0 Å². The molecule has 0 aromatic carbocycles. The molecule has 2 aliphatic rings. The minimum absolute atomic E-state index is 0.0637. The SMILES string of the molecule is CC(C)CO[C@@H]1CCN(C(=O)[C@H]2CCC[C@@H]2N)C1. The van der Waals surface area contributed by atoms with Crippen LogP contribution >= 0.6 is 0 Å². The van der Waals surface area contributed by atoms with Crippen molar-refractivity contribution in [1.29, 1.82) is 0 Å². The van der Waals surface area contributed by atoms with E-state index in [1.165, 1.54) is 0 Å². The molecular formula is C14H26N2O2. The van der Waals surface area contributed by atoms with Crippen LogP contribution in [0.2, 0.25) is 0 Å². The summed E-state index contributed by atoms with van der Waals surface area (Å²) >= 11 is 0. The Bertz CT molecular complexity index is 294. The van der Waals surface area contributed by atoms with Crippen LogP contribution < -0.4 is 5.73 Å². The largest absolute Gasteiger partial charge is 0.376 e. The molecule has 1 amide bonds. The molecule has 1 saturated carbocycles. The fraction of sp³-hybridized carbons (Fsp3) is 0.929. The van der Waals surface area contributed by atoms with Crippen molar-refractivity contribution in [2.24, 2.45) is 17.6 Å². The average Bonchev–Trinajstić information content (AvgIpc) is 2.94. The van der Waals surface area contributed by atoms with E-state index in [4.69, 9.17) is 10.5 Å². The summed E-state index contributed by atoms with van der Waals surface area (Å²) in [6.45, 7) is 6.68. The predicted molar refractivity (Wildman–Crippen MR) is 71.1 cm³/mol. The highest BCUT2D eigenvalue weighted by Crippen LogP contribution is 2.27. The first-order chi connectivity index (χ1) is 8.58. The van der Waals surface area contributed by atoms with E-state index in [9.17, 15) is 4.79 Å². The van der Waals surface area contributed by atoms with Gasteiger partial charge in [0.25, 0.3) is 0 Å². The summed E-state index contributed by atoms with van der Waals surface area (Å²) < 4.78 is 5.81. The van der Waals surface area contributed by atoms with E-state index in [1.54, 1.807) is 0 Å². The number of nitrogens with two attached hydrogens (primary N) is 1. The van der Waals surface area contributed by atoms with Crippen molar-refractivity contribution in [1.82, 2.24) is 4.90 Å². The zero-order chi connectivity index (χ0) is 13.1. The van der Waals surface area contributed by atoms with E-state index in [0.29, 0.717) is 5.92 Å². The maximum Gasteiger partial charge on any atom is 0.227 e. The zero-order valence-corrected chi connectivity index (χ0v) is 11.6. The van der Waals surface area contributed by atoms with Gasteiger partial charge in [0, 0.05) is 25.7 Å². The monoisotopic (exact) mass is 254 g/mol. The number of carbonyl (C=O) groups excluding carboxylic acids is 1. The highest BCUT2D eigenvalue weighted by molar-refractivity contribution is 5.80. The number of rotatable bonds is 4. The van der Waals surface area contributed by atoms with Crippen molar-refractivity contribution in [2.75, 3.05) is 19.7 Å². The first-order valence-electron chi connectivity index (χ1n) is 7.24. The molecule has 0 aromatic rings. The number of likely N-dealkylation sites (tertiary alicyclic amines) is 1. The summed E-state index contributed by atoms with van der Waals surface area (Å²) in [5.74, 6) is 0.877. The molecule has 2 rings (SSSR count). The average molecular weight is 254 g/mol. The smallest absolute Gasteiger partial charge is 0.227 e. The van der Waals surface area contributed by atoms with Crippen LogP contribution in [-0.4, -0.2) is 42.6 Å². The second kappa shape index (κ2) is 6.02.